The van der Waals surface area contributed by atoms with Crippen LogP contribution in [0.3, 0.4) is 0 Å². The summed E-state index contributed by atoms with van der Waals surface area (Å²) in [5, 5.41) is 2.74. The van der Waals surface area contributed by atoms with Crippen LogP contribution >= 0.6 is 0 Å². The lowest BCUT2D eigenvalue weighted by Gasteiger charge is -2.26. The lowest BCUT2D eigenvalue weighted by Crippen LogP contribution is -2.29. The van der Waals surface area contributed by atoms with Crippen LogP contribution in [0.2, 0.25) is 0 Å². The summed E-state index contributed by atoms with van der Waals surface area (Å²) < 4.78 is 10.7. The van der Waals surface area contributed by atoms with E-state index in [1.54, 1.807) is 18.3 Å². The van der Waals surface area contributed by atoms with Crippen LogP contribution in [0.15, 0.2) is 53.3 Å². The Kier molecular flexibility index (Phi) is 6.84. The summed E-state index contributed by atoms with van der Waals surface area (Å²) in [6.45, 7) is 4.13. The summed E-state index contributed by atoms with van der Waals surface area (Å²) in [6.07, 6.45) is 10.9. The SMILES string of the molecule is O=C(NCC=CCOc1cc(CN2CCCCC2)ccn1)c1ccco1. The van der Waals surface area contributed by atoms with Crippen LogP contribution in [0.4, 0.5) is 0 Å². The highest BCUT2D eigenvalue weighted by molar-refractivity contribution is 5.91. The van der Waals surface area contributed by atoms with E-state index >= 15 is 0 Å². The average molecular weight is 355 g/mol. The molecule has 0 saturated carbocycles. The number of rotatable bonds is 8. The van der Waals surface area contributed by atoms with Gasteiger partial charge in [-0.2, -0.15) is 0 Å². The molecule has 26 heavy (non-hydrogen) atoms. The van der Waals surface area contributed by atoms with Gasteiger partial charge in [0.25, 0.3) is 5.91 Å². The molecule has 0 radical (unpaired) electrons. The summed E-state index contributed by atoms with van der Waals surface area (Å²) in [7, 11) is 0. The first kappa shape index (κ1) is 18.2. The maximum absolute atomic E-state index is 11.7. The fourth-order valence-electron chi connectivity index (χ4n) is 2.93. The van der Waals surface area contributed by atoms with Crippen molar-refractivity contribution in [3.63, 3.8) is 0 Å². The highest BCUT2D eigenvalue weighted by Crippen LogP contribution is 2.15. The van der Waals surface area contributed by atoms with Crippen LogP contribution in [0.25, 0.3) is 0 Å². The van der Waals surface area contributed by atoms with Crippen molar-refractivity contribution in [1.82, 2.24) is 15.2 Å². The molecule has 0 aliphatic carbocycles. The van der Waals surface area contributed by atoms with Gasteiger partial charge in [0, 0.05) is 25.4 Å². The molecule has 0 aromatic carbocycles. The molecule has 1 aliphatic heterocycles. The fourth-order valence-corrected chi connectivity index (χ4v) is 2.93. The number of hydrogen-bond donors (Lipinski definition) is 1. The molecule has 2 aromatic rings. The van der Waals surface area contributed by atoms with Gasteiger partial charge >= 0.3 is 0 Å². The van der Waals surface area contributed by atoms with Crippen molar-refractivity contribution in [3.05, 3.63) is 60.2 Å². The first-order chi connectivity index (χ1) is 12.8. The summed E-state index contributed by atoms with van der Waals surface area (Å²) in [5.41, 5.74) is 1.23. The van der Waals surface area contributed by atoms with Gasteiger partial charge in [0.05, 0.1) is 6.26 Å². The number of amides is 1. The van der Waals surface area contributed by atoms with Crippen LogP contribution < -0.4 is 10.1 Å². The number of carbonyl (C=O) groups excluding carboxylic acids is 1. The Hall–Kier alpha value is -2.60. The fraction of sp³-hybridized carbons (Fsp3) is 0.400. The van der Waals surface area contributed by atoms with E-state index in [-0.39, 0.29) is 5.91 Å². The predicted molar refractivity (Wildman–Crippen MR) is 99.0 cm³/mol. The molecule has 3 heterocycles. The zero-order chi connectivity index (χ0) is 18.0. The maximum Gasteiger partial charge on any atom is 0.287 e. The van der Waals surface area contributed by atoms with E-state index in [0.29, 0.717) is 24.8 Å². The van der Waals surface area contributed by atoms with Crippen molar-refractivity contribution >= 4 is 5.91 Å². The summed E-state index contributed by atoms with van der Waals surface area (Å²) in [4.78, 5) is 18.4. The summed E-state index contributed by atoms with van der Waals surface area (Å²) in [5.74, 6) is 0.709. The molecule has 1 amide bonds. The second-order valence-electron chi connectivity index (χ2n) is 6.31. The number of nitrogens with zero attached hydrogens (tertiary/aromatic N) is 2. The van der Waals surface area contributed by atoms with Crippen molar-refractivity contribution in [3.8, 4) is 5.88 Å². The van der Waals surface area contributed by atoms with Gasteiger partial charge in [0.2, 0.25) is 5.88 Å². The lowest BCUT2D eigenvalue weighted by atomic mass is 10.1. The molecule has 6 heteroatoms. The van der Waals surface area contributed by atoms with Gasteiger partial charge in [-0.05, 0) is 55.8 Å². The average Bonchev–Trinajstić information content (AvgIpc) is 3.20. The standard InChI is InChI=1S/C20H25N3O3/c24-20(18-7-6-14-25-18)22-9-2-5-13-26-19-15-17(8-10-21-19)16-23-11-3-1-4-12-23/h2,5-8,10,14-15H,1,3-4,9,11-13,16H2,(H,22,24). The first-order valence-electron chi connectivity index (χ1n) is 9.08. The van der Waals surface area contributed by atoms with E-state index in [2.05, 4.69) is 15.2 Å². The largest absolute Gasteiger partial charge is 0.473 e. The van der Waals surface area contributed by atoms with Gasteiger partial charge in [-0.25, -0.2) is 4.98 Å². The molecule has 0 spiro atoms. The minimum Gasteiger partial charge on any atom is -0.473 e. The minimum atomic E-state index is -0.229. The van der Waals surface area contributed by atoms with Gasteiger partial charge < -0.3 is 14.5 Å². The highest BCUT2D eigenvalue weighted by Gasteiger charge is 2.10. The summed E-state index contributed by atoms with van der Waals surface area (Å²) >= 11 is 0. The van der Waals surface area contributed by atoms with Gasteiger partial charge in [-0.3, -0.25) is 9.69 Å². The van der Waals surface area contributed by atoms with Crippen molar-refractivity contribution in [2.24, 2.45) is 0 Å². The Bertz CT molecular complexity index is 707. The minimum absolute atomic E-state index is 0.229. The Labute approximate surface area is 153 Å². The second kappa shape index (κ2) is 9.77. The summed E-state index contributed by atoms with van der Waals surface area (Å²) in [6, 6.07) is 7.36. The van der Waals surface area contributed by atoms with Crippen molar-refractivity contribution in [1.29, 1.82) is 0 Å². The number of ether oxygens (including phenoxy) is 1. The Morgan fingerprint density at radius 1 is 1.27 bits per heavy atom. The molecule has 6 nitrogen and oxygen atoms in total. The third kappa shape index (κ3) is 5.74. The predicted octanol–water partition coefficient (Wildman–Crippen LogP) is 3.03. The van der Waals surface area contributed by atoms with E-state index in [1.165, 1.54) is 44.2 Å². The van der Waals surface area contributed by atoms with Gasteiger partial charge in [-0.15, -0.1) is 0 Å². The van der Waals surface area contributed by atoms with Crippen LogP contribution in [0.5, 0.6) is 5.88 Å². The number of furan rings is 1. The monoisotopic (exact) mass is 355 g/mol. The third-order valence-electron chi connectivity index (χ3n) is 4.27. The molecular formula is C20H25N3O3. The van der Waals surface area contributed by atoms with E-state index < -0.39 is 0 Å². The molecular weight excluding hydrogens is 330 g/mol. The van der Waals surface area contributed by atoms with Gasteiger partial charge in [0.15, 0.2) is 5.76 Å². The Morgan fingerprint density at radius 3 is 2.96 bits per heavy atom. The molecule has 1 saturated heterocycles. The molecule has 0 unspecified atom stereocenters. The van der Waals surface area contributed by atoms with Crippen LogP contribution in [0, 0.1) is 0 Å². The van der Waals surface area contributed by atoms with Gasteiger partial charge in [0.1, 0.15) is 6.61 Å². The van der Waals surface area contributed by atoms with E-state index in [1.807, 2.05) is 24.3 Å². The second-order valence-corrected chi connectivity index (χ2v) is 6.31. The number of pyridine rings is 1. The van der Waals surface area contributed by atoms with Crippen molar-refractivity contribution < 1.29 is 13.9 Å². The Morgan fingerprint density at radius 2 is 2.15 bits per heavy atom. The molecule has 1 fully saturated rings. The van der Waals surface area contributed by atoms with E-state index in [4.69, 9.17) is 9.15 Å². The molecule has 1 aliphatic rings. The smallest absolute Gasteiger partial charge is 0.287 e. The maximum atomic E-state index is 11.7. The van der Waals surface area contributed by atoms with Crippen LogP contribution in [0.1, 0.15) is 35.4 Å². The quantitative estimate of drug-likeness (QED) is 0.737. The number of likely N-dealkylation sites (tertiary alicyclic amines) is 1. The molecule has 138 valence electrons. The normalized spacial score (nSPS) is 15.2. The number of carbonyl (C=O) groups is 1. The zero-order valence-electron chi connectivity index (χ0n) is 14.9. The molecule has 0 bridgehead atoms. The number of piperidine rings is 1. The van der Waals surface area contributed by atoms with E-state index in [0.717, 1.165) is 6.54 Å². The van der Waals surface area contributed by atoms with Gasteiger partial charge in [-0.1, -0.05) is 12.5 Å². The molecule has 3 rings (SSSR count). The third-order valence-corrected chi connectivity index (χ3v) is 4.27. The molecule has 0 atom stereocenters. The highest BCUT2D eigenvalue weighted by atomic mass is 16.5. The zero-order valence-corrected chi connectivity index (χ0v) is 14.9. The van der Waals surface area contributed by atoms with Crippen molar-refractivity contribution in [2.75, 3.05) is 26.2 Å². The Balaban J connectivity index is 1.37. The number of hydrogen-bond acceptors (Lipinski definition) is 5. The van der Waals surface area contributed by atoms with Crippen LogP contribution in [-0.4, -0.2) is 42.0 Å². The number of nitrogens with one attached hydrogen (secondary N) is 1. The van der Waals surface area contributed by atoms with Crippen molar-refractivity contribution in [2.45, 2.75) is 25.8 Å². The van der Waals surface area contributed by atoms with Crippen LogP contribution in [-0.2, 0) is 6.54 Å². The molecule has 2 aromatic heterocycles. The van der Waals surface area contributed by atoms with E-state index in [9.17, 15) is 4.79 Å². The lowest BCUT2D eigenvalue weighted by molar-refractivity contribution is 0.0930. The molecule has 1 N–H and O–H groups in total. The number of aromatic nitrogens is 1. The topological polar surface area (TPSA) is 67.6 Å². The first-order valence-corrected chi connectivity index (χ1v) is 9.08.